The van der Waals surface area contributed by atoms with Gasteiger partial charge in [-0.15, -0.1) is 11.8 Å². The number of pyridine rings is 1. The van der Waals surface area contributed by atoms with E-state index in [4.69, 9.17) is 0 Å². The van der Waals surface area contributed by atoms with Crippen molar-refractivity contribution in [3.05, 3.63) is 42.2 Å². The number of thioether (sulfide) groups is 1. The van der Waals surface area contributed by atoms with E-state index in [0.29, 0.717) is 22.6 Å². The minimum atomic E-state index is -4.45. The summed E-state index contributed by atoms with van der Waals surface area (Å²) in [5.41, 5.74) is 1.02. The van der Waals surface area contributed by atoms with Crippen LogP contribution in [0.2, 0.25) is 0 Å². The molecule has 1 aliphatic rings. The SMILES string of the molecule is O=C1CSc2ccc(-c3ccc(C(F)(F)F)nc3)cc2N1. The fraction of sp³-hybridized carbons (Fsp3) is 0.143. The topological polar surface area (TPSA) is 42.0 Å². The first-order chi connectivity index (χ1) is 9.93. The van der Waals surface area contributed by atoms with Crippen LogP contribution >= 0.6 is 11.8 Å². The zero-order valence-corrected chi connectivity index (χ0v) is 11.4. The highest BCUT2D eigenvalue weighted by Gasteiger charge is 2.32. The van der Waals surface area contributed by atoms with Crippen molar-refractivity contribution in [3.63, 3.8) is 0 Å². The zero-order valence-electron chi connectivity index (χ0n) is 10.6. The molecule has 0 fully saturated rings. The van der Waals surface area contributed by atoms with E-state index in [2.05, 4.69) is 10.3 Å². The molecule has 108 valence electrons. The van der Waals surface area contributed by atoms with E-state index >= 15 is 0 Å². The largest absolute Gasteiger partial charge is 0.433 e. The van der Waals surface area contributed by atoms with Crippen molar-refractivity contribution >= 4 is 23.4 Å². The summed E-state index contributed by atoms with van der Waals surface area (Å²) < 4.78 is 37.4. The highest BCUT2D eigenvalue weighted by Crippen LogP contribution is 2.35. The lowest BCUT2D eigenvalue weighted by atomic mass is 10.1. The molecule has 0 saturated heterocycles. The number of rotatable bonds is 1. The molecule has 0 spiro atoms. The van der Waals surface area contributed by atoms with Gasteiger partial charge in [0.25, 0.3) is 0 Å². The molecule has 7 heteroatoms. The van der Waals surface area contributed by atoms with Gasteiger partial charge in [-0.05, 0) is 23.8 Å². The maximum absolute atomic E-state index is 12.5. The summed E-state index contributed by atoms with van der Waals surface area (Å²) in [5, 5.41) is 2.75. The number of nitrogens with one attached hydrogen (secondary N) is 1. The minimum absolute atomic E-state index is 0.0878. The van der Waals surface area contributed by atoms with Crippen LogP contribution in [-0.2, 0) is 11.0 Å². The number of fused-ring (bicyclic) bond motifs is 1. The monoisotopic (exact) mass is 310 g/mol. The van der Waals surface area contributed by atoms with Crippen molar-refractivity contribution < 1.29 is 18.0 Å². The summed E-state index contributed by atoms with van der Waals surface area (Å²) in [4.78, 5) is 15.7. The fourth-order valence-corrected chi connectivity index (χ4v) is 2.78. The van der Waals surface area contributed by atoms with Crippen LogP contribution in [0, 0.1) is 0 Å². The molecule has 3 nitrogen and oxygen atoms in total. The van der Waals surface area contributed by atoms with Gasteiger partial charge < -0.3 is 5.32 Å². The van der Waals surface area contributed by atoms with Crippen molar-refractivity contribution in [2.75, 3.05) is 11.1 Å². The number of alkyl halides is 3. The molecular weight excluding hydrogens is 301 g/mol. The Morgan fingerprint density at radius 2 is 1.90 bits per heavy atom. The number of carbonyl (C=O) groups excluding carboxylic acids is 1. The first-order valence-corrected chi connectivity index (χ1v) is 7.02. The van der Waals surface area contributed by atoms with Gasteiger partial charge in [0.2, 0.25) is 5.91 Å². The molecule has 21 heavy (non-hydrogen) atoms. The van der Waals surface area contributed by atoms with Gasteiger partial charge in [-0.1, -0.05) is 12.1 Å². The van der Waals surface area contributed by atoms with Gasteiger partial charge in [-0.25, -0.2) is 0 Å². The van der Waals surface area contributed by atoms with Gasteiger partial charge in [0, 0.05) is 16.7 Å². The Morgan fingerprint density at radius 1 is 1.14 bits per heavy atom. The lowest BCUT2D eigenvalue weighted by Crippen LogP contribution is -2.18. The van der Waals surface area contributed by atoms with Crippen molar-refractivity contribution in [2.24, 2.45) is 0 Å². The maximum Gasteiger partial charge on any atom is 0.433 e. The summed E-state index contributed by atoms with van der Waals surface area (Å²) in [7, 11) is 0. The first kappa shape index (κ1) is 13.9. The second-order valence-electron chi connectivity index (χ2n) is 4.48. The number of anilines is 1. The summed E-state index contributed by atoms with van der Waals surface area (Å²) in [5.74, 6) is 0.281. The zero-order chi connectivity index (χ0) is 15.0. The van der Waals surface area contributed by atoms with Crippen molar-refractivity contribution in [1.29, 1.82) is 0 Å². The Balaban J connectivity index is 1.94. The molecule has 2 heterocycles. The van der Waals surface area contributed by atoms with E-state index in [-0.39, 0.29) is 5.91 Å². The van der Waals surface area contributed by atoms with E-state index in [1.54, 1.807) is 12.1 Å². The molecule has 0 bridgehead atoms. The Kier molecular flexibility index (Phi) is 3.36. The van der Waals surface area contributed by atoms with E-state index in [1.807, 2.05) is 6.07 Å². The number of amides is 1. The van der Waals surface area contributed by atoms with Crippen LogP contribution in [0.1, 0.15) is 5.69 Å². The second-order valence-corrected chi connectivity index (χ2v) is 5.49. The third kappa shape index (κ3) is 2.87. The number of nitrogens with zero attached hydrogens (tertiary/aromatic N) is 1. The predicted molar refractivity (Wildman–Crippen MR) is 74.0 cm³/mol. The van der Waals surface area contributed by atoms with Gasteiger partial charge >= 0.3 is 6.18 Å². The molecule has 0 unspecified atom stereocenters. The molecule has 3 rings (SSSR count). The Bertz CT molecular complexity index is 698. The standard InChI is InChI=1S/C14H9F3N2OS/c15-14(16,17)12-4-2-9(6-18-12)8-1-3-11-10(5-8)19-13(20)7-21-11/h1-6H,7H2,(H,19,20). The molecule has 0 saturated carbocycles. The molecule has 1 amide bonds. The maximum atomic E-state index is 12.5. The average Bonchev–Trinajstić information content (AvgIpc) is 2.45. The quantitative estimate of drug-likeness (QED) is 0.871. The normalized spacial score (nSPS) is 14.5. The molecule has 2 aromatic rings. The predicted octanol–water partition coefficient (Wildman–Crippen LogP) is 3.81. The third-order valence-corrected chi connectivity index (χ3v) is 4.07. The van der Waals surface area contributed by atoms with Gasteiger partial charge in [-0.3, -0.25) is 9.78 Å². The van der Waals surface area contributed by atoms with Crippen LogP contribution in [0.3, 0.4) is 0 Å². The van der Waals surface area contributed by atoms with Crippen molar-refractivity contribution in [2.45, 2.75) is 11.1 Å². The van der Waals surface area contributed by atoms with Crippen LogP contribution in [0.4, 0.5) is 18.9 Å². The van der Waals surface area contributed by atoms with Crippen LogP contribution < -0.4 is 5.32 Å². The third-order valence-electron chi connectivity index (χ3n) is 3.00. The van der Waals surface area contributed by atoms with Crippen LogP contribution in [-0.4, -0.2) is 16.6 Å². The summed E-state index contributed by atoms with van der Waals surface area (Å²) in [6, 6.07) is 7.70. The lowest BCUT2D eigenvalue weighted by Gasteiger charge is -2.17. The van der Waals surface area contributed by atoms with Crippen LogP contribution in [0.25, 0.3) is 11.1 Å². The van der Waals surface area contributed by atoms with E-state index in [1.165, 1.54) is 24.0 Å². The smallest absolute Gasteiger partial charge is 0.324 e. The number of halogens is 3. The summed E-state index contributed by atoms with van der Waals surface area (Å²) in [6.07, 6.45) is -3.26. The Hall–Kier alpha value is -2.02. The van der Waals surface area contributed by atoms with Crippen LogP contribution in [0.15, 0.2) is 41.4 Å². The van der Waals surface area contributed by atoms with Gasteiger partial charge in [-0.2, -0.15) is 13.2 Å². The van der Waals surface area contributed by atoms with E-state index in [9.17, 15) is 18.0 Å². The molecular formula is C14H9F3N2OS. The molecule has 0 atom stereocenters. The van der Waals surface area contributed by atoms with Crippen molar-refractivity contribution in [1.82, 2.24) is 4.98 Å². The molecule has 1 aliphatic heterocycles. The molecule has 0 radical (unpaired) electrons. The summed E-state index contributed by atoms with van der Waals surface area (Å²) >= 11 is 1.43. The number of aromatic nitrogens is 1. The fourth-order valence-electron chi connectivity index (χ4n) is 1.99. The molecule has 1 N–H and O–H groups in total. The highest BCUT2D eigenvalue weighted by atomic mass is 32.2. The van der Waals surface area contributed by atoms with E-state index < -0.39 is 11.9 Å². The number of carbonyl (C=O) groups is 1. The number of hydrogen-bond acceptors (Lipinski definition) is 3. The lowest BCUT2D eigenvalue weighted by molar-refractivity contribution is -0.141. The van der Waals surface area contributed by atoms with Gasteiger partial charge in [0.15, 0.2) is 0 Å². The highest BCUT2D eigenvalue weighted by molar-refractivity contribution is 8.00. The van der Waals surface area contributed by atoms with Gasteiger partial charge in [0.05, 0.1) is 11.4 Å². The van der Waals surface area contributed by atoms with Gasteiger partial charge in [0.1, 0.15) is 5.69 Å². The first-order valence-electron chi connectivity index (χ1n) is 6.04. The van der Waals surface area contributed by atoms with Crippen molar-refractivity contribution in [3.8, 4) is 11.1 Å². The second kappa shape index (κ2) is 5.07. The molecule has 1 aromatic heterocycles. The Morgan fingerprint density at radius 3 is 2.57 bits per heavy atom. The minimum Gasteiger partial charge on any atom is -0.324 e. The number of hydrogen-bond donors (Lipinski definition) is 1. The van der Waals surface area contributed by atoms with Crippen LogP contribution in [0.5, 0.6) is 0 Å². The number of benzene rings is 1. The van der Waals surface area contributed by atoms with E-state index in [0.717, 1.165) is 11.0 Å². The Labute approximate surface area is 122 Å². The average molecular weight is 310 g/mol. The molecule has 0 aliphatic carbocycles. The summed E-state index contributed by atoms with van der Waals surface area (Å²) in [6.45, 7) is 0. The molecule has 1 aromatic carbocycles.